The van der Waals surface area contributed by atoms with Crippen molar-refractivity contribution in [2.24, 2.45) is 0 Å². The Balaban J connectivity index is 1.39. The second kappa shape index (κ2) is 9.30. The summed E-state index contributed by atoms with van der Waals surface area (Å²) in [7, 11) is 0. The lowest BCUT2D eigenvalue weighted by Crippen LogP contribution is -2.36. The molecule has 1 aliphatic rings. The summed E-state index contributed by atoms with van der Waals surface area (Å²) in [5.74, 6) is 0.327. The van der Waals surface area contributed by atoms with Gasteiger partial charge in [0.15, 0.2) is 0 Å². The number of halogens is 1. The highest BCUT2D eigenvalue weighted by Gasteiger charge is 2.25. The third kappa shape index (κ3) is 4.87. The minimum absolute atomic E-state index is 0.0413. The van der Waals surface area contributed by atoms with Gasteiger partial charge in [-0.25, -0.2) is 4.98 Å². The molecule has 0 spiro atoms. The van der Waals surface area contributed by atoms with Gasteiger partial charge in [-0.1, -0.05) is 17.7 Å². The Morgan fingerprint density at radius 3 is 2.74 bits per heavy atom. The topological polar surface area (TPSA) is 76.3 Å². The second-order valence-corrected chi connectivity index (χ2v) is 9.64. The number of carbonyl (C=O) groups is 1. The van der Waals surface area contributed by atoms with E-state index in [1.54, 1.807) is 34.8 Å². The first-order chi connectivity index (χ1) is 14.9. The van der Waals surface area contributed by atoms with Crippen molar-refractivity contribution in [3.05, 3.63) is 71.7 Å². The average Bonchev–Trinajstić information content (AvgIpc) is 3.41. The predicted molar refractivity (Wildman–Crippen MR) is 126 cm³/mol. The highest BCUT2D eigenvalue weighted by molar-refractivity contribution is 7.11. The molecule has 0 atom stereocenters. The van der Waals surface area contributed by atoms with E-state index in [2.05, 4.69) is 0 Å². The molecule has 6 nitrogen and oxygen atoms in total. The van der Waals surface area contributed by atoms with Gasteiger partial charge < -0.3 is 4.90 Å². The van der Waals surface area contributed by atoms with Gasteiger partial charge in [-0.05, 0) is 48.9 Å². The lowest BCUT2D eigenvalue weighted by atomic mass is 9.97. The minimum Gasteiger partial charge on any atom is -0.339 e. The van der Waals surface area contributed by atoms with Crippen LogP contribution in [0.5, 0.6) is 0 Å². The Morgan fingerprint density at radius 2 is 2.06 bits per heavy atom. The SMILES string of the molecule is Cc1ccsc1C=CC(=O)N1CCC(c2nc(-c3ccc(Cl)c([N+](=O)[O-])c3)cs2)CC1. The van der Waals surface area contributed by atoms with Crippen LogP contribution < -0.4 is 0 Å². The van der Waals surface area contributed by atoms with Crippen molar-refractivity contribution in [1.82, 2.24) is 9.88 Å². The number of aromatic nitrogens is 1. The molecule has 4 rings (SSSR count). The van der Waals surface area contributed by atoms with Gasteiger partial charge in [-0.2, -0.15) is 0 Å². The molecule has 160 valence electrons. The molecule has 0 radical (unpaired) electrons. The Labute approximate surface area is 193 Å². The molecule has 1 aliphatic heterocycles. The van der Waals surface area contributed by atoms with Crippen LogP contribution >= 0.6 is 34.3 Å². The zero-order chi connectivity index (χ0) is 22.0. The molecule has 0 aliphatic carbocycles. The molecule has 0 unspecified atom stereocenters. The van der Waals surface area contributed by atoms with E-state index in [0.29, 0.717) is 24.3 Å². The van der Waals surface area contributed by atoms with E-state index in [0.717, 1.165) is 22.7 Å². The fourth-order valence-corrected chi connectivity index (χ4v) is 5.58. The molecule has 1 aromatic carbocycles. The van der Waals surface area contributed by atoms with Crippen molar-refractivity contribution in [2.45, 2.75) is 25.7 Å². The van der Waals surface area contributed by atoms with Crippen molar-refractivity contribution >= 4 is 51.9 Å². The molecule has 0 bridgehead atoms. The molecular weight excluding hydrogens is 454 g/mol. The highest BCUT2D eigenvalue weighted by atomic mass is 35.5. The number of amides is 1. The largest absolute Gasteiger partial charge is 0.339 e. The van der Waals surface area contributed by atoms with Gasteiger partial charge in [0, 0.05) is 47.0 Å². The smallest absolute Gasteiger partial charge is 0.288 e. The number of benzene rings is 1. The van der Waals surface area contributed by atoms with Crippen molar-refractivity contribution in [2.75, 3.05) is 13.1 Å². The molecule has 3 heterocycles. The van der Waals surface area contributed by atoms with Crippen LogP contribution in [-0.4, -0.2) is 33.8 Å². The van der Waals surface area contributed by atoms with Crippen LogP contribution in [0.25, 0.3) is 17.3 Å². The van der Waals surface area contributed by atoms with Gasteiger partial charge in [0.25, 0.3) is 5.69 Å². The number of nitro benzene ring substituents is 1. The Kier molecular flexibility index (Phi) is 6.50. The van der Waals surface area contributed by atoms with E-state index in [1.165, 1.54) is 17.7 Å². The van der Waals surface area contributed by atoms with Crippen LogP contribution in [0, 0.1) is 17.0 Å². The lowest BCUT2D eigenvalue weighted by Gasteiger charge is -2.30. The van der Waals surface area contributed by atoms with Crippen LogP contribution in [-0.2, 0) is 4.79 Å². The van der Waals surface area contributed by atoms with Crippen LogP contribution in [0.15, 0.2) is 41.1 Å². The fraction of sp³-hybridized carbons (Fsp3) is 0.273. The number of hydrogen-bond donors (Lipinski definition) is 0. The summed E-state index contributed by atoms with van der Waals surface area (Å²) in [5.41, 5.74) is 2.46. The third-order valence-corrected chi connectivity index (χ3v) is 7.71. The first kappa shape index (κ1) is 21.7. The fourth-order valence-electron chi connectivity index (χ4n) is 3.57. The predicted octanol–water partition coefficient (Wildman–Crippen LogP) is 6.16. The van der Waals surface area contributed by atoms with Gasteiger partial charge in [0.05, 0.1) is 15.6 Å². The van der Waals surface area contributed by atoms with Gasteiger partial charge in [0.2, 0.25) is 5.91 Å². The molecule has 3 aromatic rings. The number of thiazole rings is 1. The second-order valence-electron chi connectivity index (χ2n) is 7.40. The van der Waals surface area contributed by atoms with E-state index >= 15 is 0 Å². The summed E-state index contributed by atoms with van der Waals surface area (Å²) in [5, 5.41) is 16.2. The van der Waals surface area contributed by atoms with Crippen LogP contribution in [0.4, 0.5) is 5.69 Å². The zero-order valence-electron chi connectivity index (χ0n) is 16.8. The maximum Gasteiger partial charge on any atom is 0.288 e. The van der Waals surface area contributed by atoms with Crippen LogP contribution in [0.3, 0.4) is 0 Å². The maximum absolute atomic E-state index is 12.5. The van der Waals surface area contributed by atoms with E-state index in [-0.39, 0.29) is 22.5 Å². The molecule has 1 fully saturated rings. The number of thiophene rings is 1. The van der Waals surface area contributed by atoms with Crippen LogP contribution in [0.2, 0.25) is 5.02 Å². The summed E-state index contributed by atoms with van der Waals surface area (Å²) in [6, 6.07) is 6.79. The van der Waals surface area contributed by atoms with Crippen LogP contribution in [0.1, 0.15) is 34.2 Å². The number of rotatable bonds is 5. The first-order valence-electron chi connectivity index (χ1n) is 9.83. The molecule has 1 saturated heterocycles. The van der Waals surface area contributed by atoms with E-state index in [9.17, 15) is 14.9 Å². The average molecular weight is 474 g/mol. The Bertz CT molecular complexity index is 1150. The molecule has 0 saturated carbocycles. The van der Waals surface area contributed by atoms with Gasteiger partial charge in [0.1, 0.15) is 5.02 Å². The number of carbonyl (C=O) groups excluding carboxylic acids is 1. The van der Waals surface area contributed by atoms with Gasteiger partial charge in [-0.3, -0.25) is 14.9 Å². The Hall–Kier alpha value is -2.55. The summed E-state index contributed by atoms with van der Waals surface area (Å²) in [6.07, 6.45) is 5.26. The monoisotopic (exact) mass is 473 g/mol. The minimum atomic E-state index is -0.486. The first-order valence-corrected chi connectivity index (χ1v) is 12.0. The van der Waals surface area contributed by atoms with Crippen molar-refractivity contribution in [3.63, 3.8) is 0 Å². The third-order valence-electron chi connectivity index (χ3n) is 5.40. The van der Waals surface area contributed by atoms with Crippen molar-refractivity contribution in [3.8, 4) is 11.3 Å². The van der Waals surface area contributed by atoms with Gasteiger partial charge in [-0.15, -0.1) is 22.7 Å². The van der Waals surface area contributed by atoms with Crippen molar-refractivity contribution in [1.29, 1.82) is 0 Å². The molecule has 1 amide bonds. The van der Waals surface area contributed by atoms with Crippen molar-refractivity contribution < 1.29 is 9.72 Å². The molecular formula is C22H20ClN3O3S2. The van der Waals surface area contributed by atoms with E-state index < -0.39 is 4.92 Å². The van der Waals surface area contributed by atoms with E-state index in [1.807, 2.05) is 34.7 Å². The van der Waals surface area contributed by atoms with E-state index in [4.69, 9.17) is 16.6 Å². The maximum atomic E-state index is 12.5. The summed E-state index contributed by atoms with van der Waals surface area (Å²) in [6.45, 7) is 3.42. The molecule has 2 aromatic heterocycles. The number of nitrogens with zero attached hydrogens (tertiary/aromatic N) is 3. The number of piperidine rings is 1. The number of hydrogen-bond acceptors (Lipinski definition) is 6. The molecule has 31 heavy (non-hydrogen) atoms. The Morgan fingerprint density at radius 1 is 1.29 bits per heavy atom. The lowest BCUT2D eigenvalue weighted by molar-refractivity contribution is -0.384. The number of nitro groups is 1. The number of aryl methyl sites for hydroxylation is 1. The highest BCUT2D eigenvalue weighted by Crippen LogP contribution is 2.35. The number of likely N-dealkylation sites (tertiary alicyclic amines) is 1. The summed E-state index contributed by atoms with van der Waals surface area (Å²) in [4.78, 5) is 30.9. The van der Waals surface area contributed by atoms with Gasteiger partial charge >= 0.3 is 0 Å². The zero-order valence-corrected chi connectivity index (χ0v) is 19.2. The molecule has 0 N–H and O–H groups in total. The molecule has 9 heteroatoms. The summed E-state index contributed by atoms with van der Waals surface area (Å²) < 4.78 is 0. The standard InChI is InChI=1S/C22H20ClN3O3S2/c1-14-8-11-30-20(14)4-5-21(27)25-9-6-15(7-10-25)22-24-18(13-31-22)16-2-3-17(23)19(12-16)26(28)29/h2-5,8,11-13,15H,6-7,9-10H2,1H3. The normalized spacial score (nSPS) is 15.0. The summed E-state index contributed by atoms with van der Waals surface area (Å²) >= 11 is 9.10. The quantitative estimate of drug-likeness (QED) is 0.252.